The SMILES string of the molecule is O=C(O)c1ccc(-c2cc(O)cc(OC(F)(F)F)c2)cc1. The fraction of sp³-hybridized carbons (Fsp3) is 0.0714. The highest BCUT2D eigenvalue weighted by Crippen LogP contribution is 2.32. The minimum absolute atomic E-state index is 0.0469. The van der Waals surface area contributed by atoms with Gasteiger partial charge < -0.3 is 14.9 Å². The normalized spacial score (nSPS) is 11.2. The summed E-state index contributed by atoms with van der Waals surface area (Å²) in [7, 11) is 0. The smallest absolute Gasteiger partial charge is 0.508 e. The van der Waals surface area contributed by atoms with Gasteiger partial charge in [0.2, 0.25) is 0 Å². The number of phenols is 1. The second kappa shape index (κ2) is 5.35. The Morgan fingerprint density at radius 1 is 1.00 bits per heavy atom. The molecule has 0 saturated heterocycles. The van der Waals surface area contributed by atoms with Crippen LogP contribution in [0.15, 0.2) is 42.5 Å². The van der Waals surface area contributed by atoms with Crippen LogP contribution in [0.25, 0.3) is 11.1 Å². The number of carboxylic acids is 1. The van der Waals surface area contributed by atoms with Gasteiger partial charge in [0.15, 0.2) is 0 Å². The van der Waals surface area contributed by atoms with Crippen molar-refractivity contribution in [1.29, 1.82) is 0 Å². The summed E-state index contributed by atoms with van der Waals surface area (Å²) < 4.78 is 40.3. The first-order valence-corrected chi connectivity index (χ1v) is 5.68. The van der Waals surface area contributed by atoms with Gasteiger partial charge in [-0.15, -0.1) is 13.2 Å². The van der Waals surface area contributed by atoms with Gasteiger partial charge in [-0.25, -0.2) is 4.79 Å². The van der Waals surface area contributed by atoms with Crippen LogP contribution in [0.1, 0.15) is 10.4 Å². The minimum atomic E-state index is -4.86. The summed E-state index contributed by atoms with van der Waals surface area (Å²) in [5.74, 6) is -2.06. The van der Waals surface area contributed by atoms with Gasteiger partial charge in [0.05, 0.1) is 5.56 Å². The van der Waals surface area contributed by atoms with Gasteiger partial charge in [-0.3, -0.25) is 0 Å². The molecule has 0 amide bonds. The molecule has 0 aliphatic carbocycles. The number of rotatable bonds is 3. The molecule has 0 aliphatic heterocycles. The Morgan fingerprint density at radius 2 is 1.62 bits per heavy atom. The van der Waals surface area contributed by atoms with Crippen LogP contribution in [0.5, 0.6) is 11.5 Å². The van der Waals surface area contributed by atoms with E-state index in [2.05, 4.69) is 4.74 Å². The predicted octanol–water partition coefficient (Wildman–Crippen LogP) is 3.66. The zero-order valence-corrected chi connectivity index (χ0v) is 10.4. The Hall–Kier alpha value is -2.70. The van der Waals surface area contributed by atoms with Crippen molar-refractivity contribution < 1.29 is 32.9 Å². The van der Waals surface area contributed by atoms with Crippen LogP contribution in [-0.2, 0) is 0 Å². The molecule has 2 N–H and O–H groups in total. The van der Waals surface area contributed by atoms with Crippen molar-refractivity contribution in [2.45, 2.75) is 6.36 Å². The molecule has 4 nitrogen and oxygen atoms in total. The van der Waals surface area contributed by atoms with Crippen molar-refractivity contribution in [2.75, 3.05) is 0 Å². The largest absolute Gasteiger partial charge is 0.573 e. The Bertz CT molecular complexity index is 663. The van der Waals surface area contributed by atoms with E-state index in [0.29, 0.717) is 5.56 Å². The molecule has 110 valence electrons. The third-order valence-electron chi connectivity index (χ3n) is 2.59. The number of aromatic hydroxyl groups is 1. The van der Waals surface area contributed by atoms with Gasteiger partial charge in [-0.1, -0.05) is 12.1 Å². The maximum atomic E-state index is 12.2. The quantitative estimate of drug-likeness (QED) is 0.907. The van der Waals surface area contributed by atoms with Crippen LogP contribution in [-0.4, -0.2) is 22.5 Å². The second-order valence-corrected chi connectivity index (χ2v) is 4.15. The Labute approximate surface area is 117 Å². The molecule has 21 heavy (non-hydrogen) atoms. The number of carboxylic acid groups (broad SMARTS) is 1. The van der Waals surface area contributed by atoms with Crippen molar-refractivity contribution in [3.05, 3.63) is 48.0 Å². The maximum Gasteiger partial charge on any atom is 0.573 e. The zero-order valence-electron chi connectivity index (χ0n) is 10.4. The van der Waals surface area contributed by atoms with E-state index < -0.39 is 23.8 Å². The first kappa shape index (κ1) is 14.7. The van der Waals surface area contributed by atoms with Crippen molar-refractivity contribution in [3.8, 4) is 22.6 Å². The Balaban J connectivity index is 2.37. The predicted molar refractivity (Wildman–Crippen MR) is 67.2 cm³/mol. The summed E-state index contributed by atoms with van der Waals surface area (Å²) in [6.07, 6.45) is -4.86. The van der Waals surface area contributed by atoms with Gasteiger partial charge in [0.25, 0.3) is 0 Å². The molecule has 0 unspecified atom stereocenters. The standard InChI is InChI=1S/C14H9F3O4/c15-14(16,17)21-12-6-10(5-11(18)7-12)8-1-3-9(4-2-8)13(19)20/h1-7,18H,(H,19,20). The maximum absolute atomic E-state index is 12.2. The summed E-state index contributed by atoms with van der Waals surface area (Å²) in [6, 6.07) is 8.66. The molecule has 2 aromatic rings. The van der Waals surface area contributed by atoms with Gasteiger partial charge in [0.1, 0.15) is 11.5 Å². The average molecular weight is 298 g/mol. The molecule has 2 aromatic carbocycles. The molecule has 0 atom stereocenters. The number of carbonyl (C=O) groups is 1. The highest BCUT2D eigenvalue weighted by Gasteiger charge is 2.31. The third kappa shape index (κ3) is 3.88. The molecule has 0 spiro atoms. The molecule has 0 bridgehead atoms. The van der Waals surface area contributed by atoms with Crippen molar-refractivity contribution >= 4 is 5.97 Å². The molecule has 0 fully saturated rings. The van der Waals surface area contributed by atoms with E-state index in [4.69, 9.17) is 5.11 Å². The second-order valence-electron chi connectivity index (χ2n) is 4.15. The van der Waals surface area contributed by atoms with E-state index in [1.54, 1.807) is 0 Å². The molecule has 2 rings (SSSR count). The van der Waals surface area contributed by atoms with Crippen LogP contribution >= 0.6 is 0 Å². The van der Waals surface area contributed by atoms with Gasteiger partial charge >= 0.3 is 12.3 Å². The van der Waals surface area contributed by atoms with Crippen LogP contribution in [0, 0.1) is 0 Å². The summed E-state index contributed by atoms with van der Waals surface area (Å²) in [4.78, 5) is 10.7. The van der Waals surface area contributed by atoms with E-state index in [9.17, 15) is 23.1 Å². The molecular formula is C14H9F3O4. The zero-order chi connectivity index (χ0) is 15.6. The number of halogens is 3. The molecule has 0 aliphatic rings. The summed E-state index contributed by atoms with van der Waals surface area (Å²) in [5, 5.41) is 18.2. The van der Waals surface area contributed by atoms with Crippen LogP contribution in [0.4, 0.5) is 13.2 Å². The summed E-state index contributed by atoms with van der Waals surface area (Å²) in [5.41, 5.74) is 0.764. The lowest BCUT2D eigenvalue weighted by atomic mass is 10.0. The third-order valence-corrected chi connectivity index (χ3v) is 2.59. The summed E-state index contributed by atoms with van der Waals surface area (Å²) >= 11 is 0. The highest BCUT2D eigenvalue weighted by molar-refractivity contribution is 5.88. The minimum Gasteiger partial charge on any atom is -0.508 e. The van der Waals surface area contributed by atoms with Crippen molar-refractivity contribution in [3.63, 3.8) is 0 Å². The lowest BCUT2D eigenvalue weighted by molar-refractivity contribution is -0.274. The lowest BCUT2D eigenvalue weighted by Crippen LogP contribution is -2.17. The molecule has 0 saturated carbocycles. The van der Waals surface area contributed by atoms with Gasteiger partial charge in [-0.05, 0) is 35.4 Å². The number of aromatic carboxylic acids is 1. The van der Waals surface area contributed by atoms with Crippen LogP contribution < -0.4 is 4.74 Å². The van der Waals surface area contributed by atoms with E-state index in [1.807, 2.05) is 0 Å². The first-order chi connectivity index (χ1) is 9.74. The molecule has 0 heterocycles. The lowest BCUT2D eigenvalue weighted by Gasteiger charge is -2.11. The number of alkyl halides is 3. The fourth-order valence-corrected chi connectivity index (χ4v) is 1.75. The molecule has 0 aromatic heterocycles. The van der Waals surface area contributed by atoms with Gasteiger partial charge in [0, 0.05) is 6.07 Å². The molecular weight excluding hydrogens is 289 g/mol. The van der Waals surface area contributed by atoms with E-state index >= 15 is 0 Å². The van der Waals surface area contributed by atoms with E-state index in [-0.39, 0.29) is 11.1 Å². The Morgan fingerprint density at radius 3 is 2.14 bits per heavy atom. The molecule has 0 radical (unpaired) electrons. The van der Waals surface area contributed by atoms with Crippen molar-refractivity contribution in [1.82, 2.24) is 0 Å². The van der Waals surface area contributed by atoms with E-state index in [1.165, 1.54) is 30.3 Å². The average Bonchev–Trinajstić information content (AvgIpc) is 2.36. The topological polar surface area (TPSA) is 66.8 Å². The number of ether oxygens (including phenoxy) is 1. The van der Waals surface area contributed by atoms with Crippen LogP contribution in [0.2, 0.25) is 0 Å². The van der Waals surface area contributed by atoms with Crippen molar-refractivity contribution in [2.24, 2.45) is 0 Å². The number of benzene rings is 2. The monoisotopic (exact) mass is 298 g/mol. The number of phenolic OH excluding ortho intramolecular Hbond substituents is 1. The highest BCUT2D eigenvalue weighted by atomic mass is 19.4. The fourth-order valence-electron chi connectivity index (χ4n) is 1.75. The Kier molecular flexibility index (Phi) is 3.75. The number of hydrogen-bond donors (Lipinski definition) is 2. The number of hydrogen-bond acceptors (Lipinski definition) is 3. The van der Waals surface area contributed by atoms with Crippen LogP contribution in [0.3, 0.4) is 0 Å². The summed E-state index contributed by atoms with van der Waals surface area (Å²) in [6.45, 7) is 0. The van der Waals surface area contributed by atoms with Gasteiger partial charge in [-0.2, -0.15) is 0 Å². The molecule has 7 heteroatoms. The first-order valence-electron chi connectivity index (χ1n) is 5.68. The van der Waals surface area contributed by atoms with E-state index in [0.717, 1.165) is 12.1 Å².